The highest BCUT2D eigenvalue weighted by Gasteiger charge is 2.33. The normalized spacial score (nSPS) is 26.0. The molecule has 9 heteroatoms. The number of esters is 2. The lowest BCUT2D eigenvalue weighted by Gasteiger charge is -2.31. The molecule has 0 spiro atoms. The Morgan fingerprint density at radius 3 is 2.27 bits per heavy atom. The van der Waals surface area contributed by atoms with E-state index in [1.165, 1.54) is 5.56 Å². The molecule has 1 aliphatic rings. The van der Waals surface area contributed by atoms with Crippen molar-refractivity contribution in [3.8, 4) is 5.75 Å². The second-order valence-corrected chi connectivity index (χ2v) is 10.9. The highest BCUT2D eigenvalue weighted by Crippen LogP contribution is 2.29. The van der Waals surface area contributed by atoms with E-state index < -0.39 is 18.2 Å². The first-order valence-electron chi connectivity index (χ1n) is 14.5. The molecule has 1 aromatic rings. The molecule has 1 aromatic carbocycles. The van der Waals surface area contributed by atoms with Gasteiger partial charge in [-0.1, -0.05) is 26.0 Å². The maximum absolute atomic E-state index is 13.0. The van der Waals surface area contributed by atoms with Crippen molar-refractivity contribution < 1.29 is 38.0 Å². The number of benzene rings is 1. The highest BCUT2D eigenvalue weighted by atomic mass is 16.7. The van der Waals surface area contributed by atoms with Gasteiger partial charge in [-0.05, 0) is 68.7 Å². The second kappa shape index (κ2) is 18.3. The lowest BCUT2D eigenvalue weighted by molar-refractivity contribution is -0.166. The number of carbonyl (C=O) groups excluding carboxylic acids is 2. The van der Waals surface area contributed by atoms with Crippen LogP contribution in [0.1, 0.15) is 71.3 Å². The Kier molecular flexibility index (Phi) is 15.5. The van der Waals surface area contributed by atoms with Crippen LogP contribution in [0.4, 0.5) is 0 Å². The van der Waals surface area contributed by atoms with E-state index in [0.717, 1.165) is 38.2 Å². The largest absolute Gasteiger partial charge is 0.497 e. The fraction of sp³-hybridized carbons (Fsp3) is 0.742. The van der Waals surface area contributed by atoms with Crippen LogP contribution in [0.15, 0.2) is 24.3 Å². The van der Waals surface area contributed by atoms with Crippen LogP contribution in [-0.4, -0.2) is 83.0 Å². The summed E-state index contributed by atoms with van der Waals surface area (Å²) in [6.45, 7) is 8.44. The van der Waals surface area contributed by atoms with E-state index in [4.69, 9.17) is 28.4 Å². The van der Waals surface area contributed by atoms with E-state index in [1.54, 1.807) is 35.4 Å². The third-order valence-electron chi connectivity index (χ3n) is 7.70. The van der Waals surface area contributed by atoms with E-state index >= 15 is 0 Å². The molecular weight excluding hydrogens is 514 g/mol. The Balaban J connectivity index is 2.28. The second-order valence-electron chi connectivity index (χ2n) is 10.9. The maximum Gasteiger partial charge on any atom is 0.309 e. The summed E-state index contributed by atoms with van der Waals surface area (Å²) < 4.78 is 33.7. The smallest absolute Gasteiger partial charge is 0.309 e. The van der Waals surface area contributed by atoms with Crippen LogP contribution in [0.3, 0.4) is 0 Å². The summed E-state index contributed by atoms with van der Waals surface area (Å²) in [5.41, 5.74) is 1.21. The molecule has 0 saturated carbocycles. The molecule has 228 valence electrons. The van der Waals surface area contributed by atoms with Gasteiger partial charge in [0.15, 0.2) is 6.29 Å². The minimum atomic E-state index is -0.727. The first kappa shape index (κ1) is 34.0. The van der Waals surface area contributed by atoms with E-state index in [0.29, 0.717) is 25.2 Å². The van der Waals surface area contributed by atoms with Gasteiger partial charge in [0, 0.05) is 47.3 Å². The van der Waals surface area contributed by atoms with Gasteiger partial charge in [-0.15, -0.1) is 0 Å². The predicted molar refractivity (Wildman–Crippen MR) is 153 cm³/mol. The van der Waals surface area contributed by atoms with Gasteiger partial charge in [-0.25, -0.2) is 0 Å². The van der Waals surface area contributed by atoms with Gasteiger partial charge < -0.3 is 28.4 Å². The highest BCUT2D eigenvalue weighted by molar-refractivity contribution is 5.72. The van der Waals surface area contributed by atoms with Crippen LogP contribution in [0, 0.1) is 11.8 Å². The first-order valence-corrected chi connectivity index (χ1v) is 14.5. The Bertz CT molecular complexity index is 859. The van der Waals surface area contributed by atoms with Crippen molar-refractivity contribution in [3.05, 3.63) is 29.8 Å². The van der Waals surface area contributed by atoms with E-state index in [2.05, 4.69) is 24.0 Å². The van der Waals surface area contributed by atoms with Crippen molar-refractivity contribution in [1.29, 1.82) is 0 Å². The van der Waals surface area contributed by atoms with E-state index in [9.17, 15) is 9.59 Å². The zero-order valence-corrected chi connectivity index (χ0v) is 25.6. The molecule has 5 unspecified atom stereocenters. The summed E-state index contributed by atoms with van der Waals surface area (Å²) >= 11 is 0. The van der Waals surface area contributed by atoms with Crippen LogP contribution < -0.4 is 4.74 Å². The molecule has 1 saturated heterocycles. The van der Waals surface area contributed by atoms with E-state index in [1.807, 2.05) is 19.1 Å². The zero-order valence-electron chi connectivity index (χ0n) is 25.6. The zero-order chi connectivity index (χ0) is 29.5. The summed E-state index contributed by atoms with van der Waals surface area (Å²) in [5.74, 6) is 0.673. The molecule has 0 bridgehead atoms. The van der Waals surface area contributed by atoms with Crippen LogP contribution in [0.2, 0.25) is 0 Å². The fourth-order valence-electron chi connectivity index (χ4n) is 5.29. The lowest BCUT2D eigenvalue weighted by Crippen LogP contribution is -2.38. The van der Waals surface area contributed by atoms with E-state index in [-0.39, 0.29) is 37.1 Å². The summed E-state index contributed by atoms with van der Waals surface area (Å²) in [7, 11) is 6.54. The molecule has 0 aromatic heterocycles. The number of ether oxygens (including phenoxy) is 6. The summed E-state index contributed by atoms with van der Waals surface area (Å²) in [6, 6.07) is 8.15. The Labute approximate surface area is 240 Å². The van der Waals surface area contributed by atoms with Crippen LogP contribution >= 0.6 is 0 Å². The summed E-state index contributed by atoms with van der Waals surface area (Å²) in [5, 5.41) is 0. The number of nitrogens with zero attached hydrogens (tertiary/aromatic N) is 1. The monoisotopic (exact) mass is 565 g/mol. The van der Waals surface area contributed by atoms with Crippen LogP contribution in [-0.2, 0) is 39.8 Å². The maximum atomic E-state index is 13.0. The van der Waals surface area contributed by atoms with Crippen LogP contribution in [0.5, 0.6) is 5.75 Å². The molecule has 40 heavy (non-hydrogen) atoms. The first-order chi connectivity index (χ1) is 19.2. The molecular formula is C31H51NO8. The molecule has 0 N–H and O–H groups in total. The van der Waals surface area contributed by atoms with Crippen molar-refractivity contribution in [2.24, 2.45) is 11.8 Å². The molecule has 0 aliphatic carbocycles. The molecule has 1 fully saturated rings. The minimum absolute atomic E-state index is 0.0512. The van der Waals surface area contributed by atoms with Gasteiger partial charge in [-0.3, -0.25) is 14.5 Å². The van der Waals surface area contributed by atoms with Crippen molar-refractivity contribution in [3.63, 3.8) is 0 Å². The number of hydrogen-bond donors (Lipinski definition) is 0. The number of rotatable bonds is 10. The van der Waals surface area contributed by atoms with Gasteiger partial charge in [0.05, 0.1) is 19.6 Å². The summed E-state index contributed by atoms with van der Waals surface area (Å²) in [6.07, 6.45) is 2.27. The van der Waals surface area contributed by atoms with Crippen LogP contribution in [0.25, 0.3) is 0 Å². The van der Waals surface area contributed by atoms with Crippen molar-refractivity contribution >= 4 is 11.9 Å². The number of carbonyl (C=O) groups is 2. The predicted octanol–water partition coefficient (Wildman–Crippen LogP) is 4.99. The SMILES string of the molecule is CCC(=O)OC1CC(=O)OC(C)CCN(Cc2ccc(OC)cc2)CCC(C)CC(CC(OC)OC)CC1OC. The summed E-state index contributed by atoms with van der Waals surface area (Å²) in [4.78, 5) is 27.7. The van der Waals surface area contributed by atoms with Crippen molar-refractivity contribution in [2.75, 3.05) is 41.5 Å². The molecule has 2 rings (SSSR count). The van der Waals surface area contributed by atoms with Gasteiger partial charge in [0.1, 0.15) is 18.0 Å². The molecule has 0 amide bonds. The van der Waals surface area contributed by atoms with Crippen molar-refractivity contribution in [2.45, 2.75) is 96.9 Å². The average molecular weight is 566 g/mol. The van der Waals surface area contributed by atoms with Gasteiger partial charge in [0.25, 0.3) is 0 Å². The quantitative estimate of drug-likeness (QED) is 0.287. The Morgan fingerprint density at radius 1 is 1.00 bits per heavy atom. The topological polar surface area (TPSA) is 92.8 Å². The molecule has 1 aliphatic heterocycles. The average Bonchev–Trinajstić information content (AvgIpc) is 2.95. The molecule has 0 radical (unpaired) electrons. The molecule has 1 heterocycles. The lowest BCUT2D eigenvalue weighted by atomic mass is 9.85. The van der Waals surface area contributed by atoms with Gasteiger partial charge in [0.2, 0.25) is 0 Å². The number of hydrogen-bond acceptors (Lipinski definition) is 9. The third-order valence-corrected chi connectivity index (χ3v) is 7.70. The third kappa shape index (κ3) is 12.1. The van der Waals surface area contributed by atoms with Gasteiger partial charge in [-0.2, -0.15) is 0 Å². The molecule has 9 nitrogen and oxygen atoms in total. The minimum Gasteiger partial charge on any atom is -0.497 e. The number of cyclic esters (lactones) is 1. The van der Waals surface area contributed by atoms with Crippen molar-refractivity contribution in [1.82, 2.24) is 4.90 Å². The Hall–Kier alpha value is -2.20. The molecule has 5 atom stereocenters. The van der Waals surface area contributed by atoms with Gasteiger partial charge >= 0.3 is 11.9 Å². The fourth-order valence-corrected chi connectivity index (χ4v) is 5.29. The number of methoxy groups -OCH3 is 4. The Morgan fingerprint density at radius 2 is 1.68 bits per heavy atom. The standard InChI is InChI=1S/C31H51NO8/c1-8-29(33)40-28-20-30(34)39-23(3)14-16-32(21-24-9-11-26(35-4)12-10-24)15-13-22(2)17-25(18-27(28)36-5)19-31(37-6)38-7/h9-12,22-23,25,27-28,31H,8,13-21H2,1-7H3.